The molecule has 0 radical (unpaired) electrons. The van der Waals surface area contributed by atoms with Gasteiger partial charge in [-0.1, -0.05) is 36.0 Å². The van der Waals surface area contributed by atoms with Crippen molar-refractivity contribution in [1.82, 2.24) is 5.32 Å². The van der Waals surface area contributed by atoms with Crippen LogP contribution in [0.2, 0.25) is 0 Å². The summed E-state index contributed by atoms with van der Waals surface area (Å²) in [7, 11) is 1.60. The van der Waals surface area contributed by atoms with Gasteiger partial charge in [0, 0.05) is 17.5 Å². The standard InChI is InChI=1S/C17H14N2O2S/c1-18-16(20)12-8-6-11(7-9-12)10-15-17(21)19-13-4-2-3-5-14(13)22-15/h2-10H,1H3,(H,18,20)(H,19,21). The van der Waals surface area contributed by atoms with Gasteiger partial charge in [0.25, 0.3) is 11.8 Å². The number of fused-ring (bicyclic) bond motifs is 1. The summed E-state index contributed by atoms with van der Waals surface area (Å²) in [6, 6.07) is 14.8. The van der Waals surface area contributed by atoms with Crippen LogP contribution in [0, 0.1) is 0 Å². The van der Waals surface area contributed by atoms with Crippen LogP contribution >= 0.6 is 11.8 Å². The number of thioether (sulfide) groups is 1. The Morgan fingerprint density at radius 1 is 1.14 bits per heavy atom. The van der Waals surface area contributed by atoms with Gasteiger partial charge in [0.15, 0.2) is 0 Å². The number of hydrogen-bond acceptors (Lipinski definition) is 3. The molecule has 0 spiro atoms. The molecule has 1 heterocycles. The largest absolute Gasteiger partial charge is 0.355 e. The molecule has 5 heteroatoms. The summed E-state index contributed by atoms with van der Waals surface area (Å²) in [5.41, 5.74) is 2.31. The van der Waals surface area contributed by atoms with Crippen molar-refractivity contribution in [3.8, 4) is 0 Å². The Labute approximate surface area is 132 Å². The average molecular weight is 310 g/mol. The molecule has 0 atom stereocenters. The van der Waals surface area contributed by atoms with Crippen LogP contribution in [0.4, 0.5) is 5.69 Å². The predicted octanol–water partition coefficient (Wildman–Crippen LogP) is 3.13. The summed E-state index contributed by atoms with van der Waals surface area (Å²) in [6.45, 7) is 0. The van der Waals surface area contributed by atoms with Crippen LogP contribution in [-0.4, -0.2) is 18.9 Å². The van der Waals surface area contributed by atoms with E-state index in [2.05, 4.69) is 10.6 Å². The maximum absolute atomic E-state index is 12.1. The maximum atomic E-state index is 12.1. The molecule has 2 aromatic carbocycles. The molecule has 2 aromatic rings. The van der Waals surface area contributed by atoms with Gasteiger partial charge in [-0.15, -0.1) is 0 Å². The molecule has 0 aliphatic carbocycles. The zero-order chi connectivity index (χ0) is 15.5. The second kappa shape index (κ2) is 6.07. The third-order valence-electron chi connectivity index (χ3n) is 3.28. The van der Waals surface area contributed by atoms with Gasteiger partial charge in [-0.05, 0) is 35.9 Å². The second-order valence-electron chi connectivity index (χ2n) is 4.76. The Bertz CT molecular complexity index is 766. The average Bonchev–Trinajstić information content (AvgIpc) is 2.55. The van der Waals surface area contributed by atoms with Crippen molar-refractivity contribution in [2.45, 2.75) is 4.90 Å². The molecule has 0 fully saturated rings. The fourth-order valence-corrected chi connectivity index (χ4v) is 3.08. The first kappa shape index (κ1) is 14.4. The third-order valence-corrected chi connectivity index (χ3v) is 4.38. The van der Waals surface area contributed by atoms with E-state index in [4.69, 9.17) is 0 Å². The fourth-order valence-electron chi connectivity index (χ4n) is 2.13. The Kier molecular flexibility index (Phi) is 3.98. The number of para-hydroxylation sites is 1. The minimum atomic E-state index is -0.127. The van der Waals surface area contributed by atoms with Gasteiger partial charge in [-0.25, -0.2) is 0 Å². The number of amides is 2. The lowest BCUT2D eigenvalue weighted by Crippen LogP contribution is -2.17. The van der Waals surface area contributed by atoms with E-state index in [-0.39, 0.29) is 11.8 Å². The van der Waals surface area contributed by atoms with Gasteiger partial charge < -0.3 is 10.6 Å². The van der Waals surface area contributed by atoms with Gasteiger partial charge in [0.05, 0.1) is 10.6 Å². The van der Waals surface area contributed by atoms with Crippen LogP contribution in [0.15, 0.2) is 58.3 Å². The van der Waals surface area contributed by atoms with Crippen molar-refractivity contribution in [1.29, 1.82) is 0 Å². The molecule has 2 N–H and O–H groups in total. The van der Waals surface area contributed by atoms with Crippen molar-refractivity contribution >= 4 is 35.3 Å². The molecule has 0 aromatic heterocycles. The van der Waals surface area contributed by atoms with E-state index >= 15 is 0 Å². The highest BCUT2D eigenvalue weighted by Gasteiger charge is 2.20. The van der Waals surface area contributed by atoms with E-state index < -0.39 is 0 Å². The van der Waals surface area contributed by atoms with Crippen molar-refractivity contribution in [3.05, 3.63) is 64.6 Å². The number of carbonyl (C=O) groups excluding carboxylic acids is 2. The van der Waals surface area contributed by atoms with E-state index in [1.165, 1.54) is 11.8 Å². The summed E-state index contributed by atoms with van der Waals surface area (Å²) in [5, 5.41) is 5.45. The molecule has 2 amide bonds. The lowest BCUT2D eigenvalue weighted by molar-refractivity contribution is -0.112. The van der Waals surface area contributed by atoms with Crippen molar-refractivity contribution in [3.63, 3.8) is 0 Å². The summed E-state index contributed by atoms with van der Waals surface area (Å²) >= 11 is 1.44. The summed E-state index contributed by atoms with van der Waals surface area (Å²) < 4.78 is 0. The summed E-state index contributed by atoms with van der Waals surface area (Å²) in [6.07, 6.45) is 1.82. The highest BCUT2D eigenvalue weighted by atomic mass is 32.2. The first-order valence-corrected chi connectivity index (χ1v) is 7.61. The van der Waals surface area contributed by atoms with E-state index in [1.54, 1.807) is 19.2 Å². The molecule has 0 unspecified atom stereocenters. The Morgan fingerprint density at radius 3 is 2.59 bits per heavy atom. The third kappa shape index (κ3) is 2.89. The quantitative estimate of drug-likeness (QED) is 0.838. The number of anilines is 1. The Balaban J connectivity index is 1.86. The molecule has 0 bridgehead atoms. The molecule has 3 rings (SSSR count). The van der Waals surface area contributed by atoms with Crippen LogP contribution in [0.25, 0.3) is 6.08 Å². The summed E-state index contributed by atoms with van der Waals surface area (Å²) in [4.78, 5) is 25.3. The van der Waals surface area contributed by atoms with E-state index in [9.17, 15) is 9.59 Å². The van der Waals surface area contributed by atoms with Crippen LogP contribution in [0.1, 0.15) is 15.9 Å². The maximum Gasteiger partial charge on any atom is 0.262 e. The molecule has 1 aliphatic heterocycles. The van der Waals surface area contributed by atoms with Crippen molar-refractivity contribution < 1.29 is 9.59 Å². The van der Waals surface area contributed by atoms with Crippen LogP contribution in [-0.2, 0) is 4.79 Å². The van der Waals surface area contributed by atoms with Gasteiger partial charge in [0.2, 0.25) is 0 Å². The van der Waals surface area contributed by atoms with Crippen molar-refractivity contribution in [2.24, 2.45) is 0 Å². The number of carbonyl (C=O) groups is 2. The minimum absolute atomic E-state index is 0.112. The lowest BCUT2D eigenvalue weighted by atomic mass is 10.1. The molecular formula is C17H14N2O2S. The molecule has 0 saturated heterocycles. The zero-order valence-corrected chi connectivity index (χ0v) is 12.7. The number of benzene rings is 2. The molecule has 4 nitrogen and oxygen atoms in total. The minimum Gasteiger partial charge on any atom is -0.355 e. The molecule has 110 valence electrons. The molecule has 22 heavy (non-hydrogen) atoms. The van der Waals surface area contributed by atoms with Crippen LogP contribution in [0.3, 0.4) is 0 Å². The number of rotatable bonds is 2. The first-order chi connectivity index (χ1) is 10.7. The van der Waals surface area contributed by atoms with Gasteiger partial charge >= 0.3 is 0 Å². The monoisotopic (exact) mass is 310 g/mol. The normalized spacial score (nSPS) is 15.1. The number of hydrogen-bond donors (Lipinski definition) is 2. The summed E-state index contributed by atoms with van der Waals surface area (Å²) in [5.74, 6) is -0.239. The lowest BCUT2D eigenvalue weighted by Gasteiger charge is -2.18. The SMILES string of the molecule is CNC(=O)c1ccc(C=C2Sc3ccccc3NC2=O)cc1. The topological polar surface area (TPSA) is 58.2 Å². The van der Waals surface area contributed by atoms with E-state index in [0.717, 1.165) is 16.1 Å². The molecule has 0 saturated carbocycles. The number of nitrogens with one attached hydrogen (secondary N) is 2. The Hall–Kier alpha value is -2.53. The van der Waals surface area contributed by atoms with Gasteiger partial charge in [-0.2, -0.15) is 0 Å². The Morgan fingerprint density at radius 2 is 1.86 bits per heavy atom. The first-order valence-electron chi connectivity index (χ1n) is 6.79. The van der Waals surface area contributed by atoms with Crippen LogP contribution < -0.4 is 10.6 Å². The van der Waals surface area contributed by atoms with Gasteiger partial charge in [0.1, 0.15) is 0 Å². The molecular weight excluding hydrogens is 296 g/mol. The van der Waals surface area contributed by atoms with Crippen molar-refractivity contribution in [2.75, 3.05) is 12.4 Å². The smallest absolute Gasteiger partial charge is 0.262 e. The fraction of sp³-hybridized carbons (Fsp3) is 0.0588. The predicted molar refractivity (Wildman–Crippen MR) is 88.7 cm³/mol. The highest BCUT2D eigenvalue weighted by molar-refractivity contribution is 8.04. The molecule has 1 aliphatic rings. The van der Waals surface area contributed by atoms with Crippen LogP contribution in [0.5, 0.6) is 0 Å². The second-order valence-corrected chi connectivity index (χ2v) is 5.85. The zero-order valence-electron chi connectivity index (χ0n) is 11.9. The van der Waals surface area contributed by atoms with E-state index in [1.807, 2.05) is 42.5 Å². The van der Waals surface area contributed by atoms with Gasteiger partial charge in [-0.3, -0.25) is 9.59 Å². The highest BCUT2D eigenvalue weighted by Crippen LogP contribution is 2.38. The van der Waals surface area contributed by atoms with E-state index in [0.29, 0.717) is 10.5 Å².